The first kappa shape index (κ1) is 25.1. The van der Waals surface area contributed by atoms with E-state index < -0.39 is 53.2 Å². The van der Waals surface area contributed by atoms with Crippen molar-refractivity contribution in [1.82, 2.24) is 0 Å². The van der Waals surface area contributed by atoms with E-state index in [2.05, 4.69) is 2.60 Å². The van der Waals surface area contributed by atoms with Gasteiger partial charge in [0.15, 0.2) is 0 Å². The minimum atomic E-state index is -8.08. The van der Waals surface area contributed by atoms with Crippen LogP contribution in [-0.2, 0) is 7.17 Å². The molecule has 2 nitrogen and oxygen atoms in total. The zero-order valence-corrected chi connectivity index (χ0v) is 18.6. The molecule has 0 saturated carbocycles. The maximum absolute atomic E-state index is 13.9. The van der Waals surface area contributed by atoms with E-state index >= 15 is 0 Å². The normalized spacial score (nSPS) is 14.2. The van der Waals surface area contributed by atoms with Crippen LogP contribution in [0, 0.1) is 0 Å². The Morgan fingerprint density at radius 3 is 1.17 bits per heavy atom. The third-order valence-corrected chi connectivity index (χ3v) is 16.5. The summed E-state index contributed by atoms with van der Waals surface area (Å²) in [5, 5.41) is 0. The van der Waals surface area contributed by atoms with Crippen LogP contribution in [0.4, 0.5) is 43.9 Å². The van der Waals surface area contributed by atoms with E-state index in [0.717, 1.165) is 24.3 Å². The third-order valence-electron chi connectivity index (χ3n) is 3.60. The molecule has 166 valence electrons. The molecule has 0 spiro atoms. The van der Waals surface area contributed by atoms with Crippen molar-refractivity contribution in [2.45, 2.75) is 23.7 Å². The number of hydrogen-bond acceptors (Lipinski definition) is 2. The molecule has 0 amide bonds. The second kappa shape index (κ2) is 8.39. The van der Waals surface area contributed by atoms with Crippen molar-refractivity contribution in [3.63, 3.8) is 0 Å². The van der Waals surface area contributed by atoms with Gasteiger partial charge in [0.05, 0.1) is 0 Å². The summed E-state index contributed by atoms with van der Waals surface area (Å²) in [6, 6.07) is 12.2. The summed E-state index contributed by atoms with van der Waals surface area (Å²) in [5.74, 6) is 0. The van der Waals surface area contributed by atoms with Crippen LogP contribution in [0.3, 0.4) is 0 Å². The molecule has 30 heavy (non-hydrogen) atoms. The van der Waals surface area contributed by atoms with E-state index in [4.69, 9.17) is 0 Å². The van der Waals surface area contributed by atoms with Gasteiger partial charge in [-0.1, -0.05) is 0 Å². The van der Waals surface area contributed by atoms with Crippen molar-refractivity contribution in [2.75, 3.05) is 0 Å². The standard InChI is InChI=1S/2C6H5.C4HF10O2P.Bi/c2*1-2-4-6-5-3-1;5-1(6,7)3(11,12)17(15,16)4(13,14)2(8,9)10;/h2*1-5H;(H,15,16);/q;;;+1/p-1. The molecule has 0 aliphatic carbocycles. The Balaban J connectivity index is 2.76. The average molecular weight is 664 g/mol. The van der Waals surface area contributed by atoms with Crippen LogP contribution in [0.15, 0.2) is 60.7 Å². The summed E-state index contributed by atoms with van der Waals surface area (Å²) in [7, 11) is -8.08. The van der Waals surface area contributed by atoms with E-state index in [-0.39, 0.29) is 6.54 Å². The summed E-state index contributed by atoms with van der Waals surface area (Å²) in [6.07, 6.45) is -14.0. The van der Waals surface area contributed by atoms with E-state index in [1.54, 1.807) is 0 Å². The van der Waals surface area contributed by atoms with Crippen molar-refractivity contribution in [3.8, 4) is 0 Å². The molecule has 0 aliphatic heterocycles. The Kier molecular flexibility index (Phi) is 7.01. The van der Waals surface area contributed by atoms with Crippen molar-refractivity contribution in [3.05, 3.63) is 60.7 Å². The fourth-order valence-corrected chi connectivity index (χ4v) is 15.6. The van der Waals surface area contributed by atoms with Crippen LogP contribution in [0.2, 0.25) is 0 Å². The van der Waals surface area contributed by atoms with Crippen LogP contribution in [0.1, 0.15) is 0 Å². The molecule has 0 bridgehead atoms. The third kappa shape index (κ3) is 4.39. The molecule has 2 aromatic rings. The van der Waals surface area contributed by atoms with Gasteiger partial charge >= 0.3 is 172 Å². The second-order valence-electron chi connectivity index (χ2n) is 5.68. The molecule has 0 radical (unpaired) electrons. The molecular formula is C16H10BiF10O2P. The molecule has 14 heteroatoms. The zero-order valence-electron chi connectivity index (χ0n) is 14.3. The first-order valence-electron chi connectivity index (χ1n) is 7.65. The van der Waals surface area contributed by atoms with Gasteiger partial charge in [0.25, 0.3) is 0 Å². The Labute approximate surface area is 171 Å². The first-order valence-corrected chi connectivity index (χ1v) is 14.2. The maximum atomic E-state index is 13.9. The second-order valence-corrected chi connectivity index (χ2v) is 16.3. The molecule has 0 saturated heterocycles. The van der Waals surface area contributed by atoms with Gasteiger partial charge in [0.1, 0.15) is 0 Å². The molecule has 0 aromatic heterocycles. The fourth-order valence-electron chi connectivity index (χ4n) is 2.10. The van der Waals surface area contributed by atoms with Crippen LogP contribution >= 0.6 is 7.37 Å². The molecule has 0 atom stereocenters. The van der Waals surface area contributed by atoms with Gasteiger partial charge < -0.3 is 0 Å². The number of alkyl halides is 10. The summed E-state index contributed by atoms with van der Waals surface area (Å²) in [4.78, 5) is 0. The SMILES string of the molecule is O=P([O][Bi]([c]1ccccc1)[c]1ccccc1)(C(F)(F)C(F)(F)F)C(F)(F)C(F)(F)F. The summed E-state index contributed by atoms with van der Waals surface area (Å²) in [5.41, 5.74) is -13.9. The van der Waals surface area contributed by atoms with E-state index in [1.807, 2.05) is 0 Å². The molecule has 0 aliphatic rings. The van der Waals surface area contributed by atoms with Gasteiger partial charge in [-0.3, -0.25) is 0 Å². The number of halogens is 10. The van der Waals surface area contributed by atoms with Gasteiger partial charge in [-0.05, 0) is 0 Å². The van der Waals surface area contributed by atoms with Crippen LogP contribution in [0.25, 0.3) is 0 Å². The Morgan fingerprint density at radius 2 is 0.900 bits per heavy atom. The van der Waals surface area contributed by atoms with Gasteiger partial charge in [0, 0.05) is 0 Å². The summed E-state index contributed by atoms with van der Waals surface area (Å²) >= 11 is -4.98. The predicted molar refractivity (Wildman–Crippen MR) is 88.6 cm³/mol. The van der Waals surface area contributed by atoms with Gasteiger partial charge in [-0.15, -0.1) is 0 Å². The van der Waals surface area contributed by atoms with Crippen molar-refractivity contribution in [2.24, 2.45) is 0 Å². The number of rotatable bonds is 6. The predicted octanol–water partition coefficient (Wildman–Crippen LogP) is 5.40. The summed E-state index contributed by atoms with van der Waals surface area (Å²) in [6.45, 7) is 0. The Bertz CT molecular complexity index is 830. The quantitative estimate of drug-likeness (QED) is 0.235. The monoisotopic (exact) mass is 664 g/mol. The Morgan fingerprint density at radius 1 is 0.600 bits per heavy atom. The average Bonchev–Trinajstić information content (AvgIpc) is 2.65. The molecular weight excluding hydrogens is 654 g/mol. The topological polar surface area (TPSA) is 26.3 Å². The zero-order chi connectivity index (χ0) is 23.0. The Hall–Kier alpha value is -1.19. The fraction of sp³-hybridized carbons (Fsp3) is 0.250. The molecule has 0 N–H and O–H groups in total. The van der Waals surface area contributed by atoms with Crippen LogP contribution in [0.5, 0.6) is 0 Å². The van der Waals surface area contributed by atoms with Crippen molar-refractivity contribution in [1.29, 1.82) is 0 Å². The van der Waals surface area contributed by atoms with E-state index in [1.165, 1.54) is 36.4 Å². The molecule has 0 fully saturated rings. The number of hydrogen-bond donors (Lipinski definition) is 0. The van der Waals surface area contributed by atoms with Gasteiger partial charge in [0.2, 0.25) is 0 Å². The van der Waals surface area contributed by atoms with Crippen molar-refractivity contribution >= 4 is 36.1 Å². The summed E-state index contributed by atoms with van der Waals surface area (Å²) < 4.78 is 149. The minimum absolute atomic E-state index is 0.171. The van der Waals surface area contributed by atoms with Gasteiger partial charge in [-0.2, -0.15) is 0 Å². The van der Waals surface area contributed by atoms with Gasteiger partial charge in [-0.25, -0.2) is 0 Å². The van der Waals surface area contributed by atoms with Crippen LogP contribution in [-0.4, -0.2) is 45.9 Å². The van der Waals surface area contributed by atoms with Crippen molar-refractivity contribution < 1.29 is 51.1 Å². The number of benzene rings is 2. The molecule has 2 aromatic carbocycles. The first-order chi connectivity index (χ1) is 13.6. The van der Waals surface area contributed by atoms with Crippen LogP contribution < -0.4 is 6.54 Å². The van der Waals surface area contributed by atoms with E-state index in [0.29, 0.717) is 0 Å². The van der Waals surface area contributed by atoms with E-state index in [9.17, 15) is 48.5 Å². The molecule has 2 rings (SSSR count). The molecule has 0 heterocycles. The molecule has 0 unspecified atom stereocenters.